The number of carbonyl (C=O) groups is 2. The first-order valence-electron chi connectivity index (χ1n) is 12.5. The van der Waals surface area contributed by atoms with Crippen molar-refractivity contribution < 1.29 is 23.5 Å². The number of Topliss-reactive ketones (excluding diaryl/α,β-unsaturated/α-hetero) is 1. The molecular formula is C30H29NO6. The van der Waals surface area contributed by atoms with Crippen molar-refractivity contribution in [3.05, 3.63) is 98.7 Å². The lowest BCUT2D eigenvalue weighted by molar-refractivity contribution is -0.139. The van der Waals surface area contributed by atoms with E-state index in [4.69, 9.17) is 13.9 Å². The number of ketones is 1. The fourth-order valence-electron chi connectivity index (χ4n) is 5.41. The Morgan fingerprint density at radius 2 is 1.81 bits per heavy atom. The fraction of sp³-hybridized carbons (Fsp3) is 0.300. The summed E-state index contributed by atoms with van der Waals surface area (Å²) in [6, 6.07) is 14.6. The molecule has 0 amide bonds. The van der Waals surface area contributed by atoms with Gasteiger partial charge >= 0.3 is 5.97 Å². The molecule has 2 atom stereocenters. The van der Waals surface area contributed by atoms with Crippen LogP contribution in [0.1, 0.15) is 56.1 Å². The quantitative estimate of drug-likeness (QED) is 0.471. The number of hydrogen-bond acceptors (Lipinski definition) is 7. The van der Waals surface area contributed by atoms with Crippen molar-refractivity contribution in [1.82, 2.24) is 5.32 Å². The summed E-state index contributed by atoms with van der Waals surface area (Å²) in [6.45, 7) is 3.93. The van der Waals surface area contributed by atoms with Crippen molar-refractivity contribution in [1.29, 1.82) is 0 Å². The van der Waals surface area contributed by atoms with Gasteiger partial charge in [-0.3, -0.25) is 9.59 Å². The van der Waals surface area contributed by atoms with Gasteiger partial charge in [-0.15, -0.1) is 0 Å². The minimum atomic E-state index is -0.882. The third-order valence-electron chi connectivity index (χ3n) is 7.08. The zero-order valence-electron chi connectivity index (χ0n) is 21.1. The third kappa shape index (κ3) is 4.35. The van der Waals surface area contributed by atoms with E-state index in [1.54, 1.807) is 38.3 Å². The Balaban J connectivity index is 1.66. The Kier molecular flexibility index (Phi) is 6.70. The van der Waals surface area contributed by atoms with Crippen molar-refractivity contribution in [3.8, 4) is 5.75 Å². The summed E-state index contributed by atoms with van der Waals surface area (Å²) in [4.78, 5) is 40.7. The van der Waals surface area contributed by atoms with E-state index in [1.165, 1.54) is 6.26 Å². The first-order chi connectivity index (χ1) is 17.9. The molecule has 0 saturated carbocycles. The molecule has 2 aliphatic rings. The number of fused-ring (bicyclic) bond motifs is 1. The van der Waals surface area contributed by atoms with Gasteiger partial charge in [-0.05, 0) is 43.5 Å². The fourth-order valence-corrected chi connectivity index (χ4v) is 5.41. The number of ether oxygens (including phenoxy) is 2. The van der Waals surface area contributed by atoms with Crippen molar-refractivity contribution in [2.45, 2.75) is 44.9 Å². The summed E-state index contributed by atoms with van der Waals surface area (Å²) in [7, 11) is 1.61. The standard InChI is InChI=1S/C30H29NO6/c1-4-13-36-30(34)26-17(2)31-22-14-18(19-9-5-7-11-24(19)35-3)15-23(32)28(22)27(26)21-16-37-25-12-8-6-10-20(25)29(21)33/h5-12,16,18,27,31H,4,13-15H2,1-3H3/t18-,27+/m0/s1. The smallest absolute Gasteiger partial charge is 0.336 e. The van der Waals surface area contributed by atoms with Gasteiger partial charge in [0.2, 0.25) is 0 Å². The molecule has 7 heteroatoms. The summed E-state index contributed by atoms with van der Waals surface area (Å²) in [6.07, 6.45) is 2.80. The van der Waals surface area contributed by atoms with Crippen LogP contribution in [0.4, 0.5) is 0 Å². The van der Waals surface area contributed by atoms with Crippen LogP contribution in [-0.2, 0) is 14.3 Å². The predicted molar refractivity (Wildman–Crippen MR) is 139 cm³/mol. The average Bonchev–Trinajstić information content (AvgIpc) is 2.91. The SMILES string of the molecule is CCCOC(=O)C1=C(C)NC2=C(C(=O)C[C@@H](c3ccccc3OC)C2)[C@@H]1c1coc2ccccc2c1=O. The number of para-hydroxylation sites is 2. The number of carbonyl (C=O) groups excluding carboxylic acids is 2. The number of allylic oxidation sites excluding steroid dienone is 3. The van der Waals surface area contributed by atoms with E-state index >= 15 is 0 Å². The van der Waals surface area contributed by atoms with Crippen molar-refractivity contribution in [3.63, 3.8) is 0 Å². The molecule has 0 unspecified atom stereocenters. The lowest BCUT2D eigenvalue weighted by Crippen LogP contribution is -2.37. The van der Waals surface area contributed by atoms with Gasteiger partial charge in [0, 0.05) is 34.9 Å². The zero-order valence-corrected chi connectivity index (χ0v) is 21.1. The Labute approximate surface area is 214 Å². The molecule has 0 saturated heterocycles. The summed E-state index contributed by atoms with van der Waals surface area (Å²) < 4.78 is 16.9. The summed E-state index contributed by atoms with van der Waals surface area (Å²) in [5.74, 6) is -0.938. The van der Waals surface area contributed by atoms with Gasteiger partial charge in [0.15, 0.2) is 11.2 Å². The Morgan fingerprint density at radius 3 is 2.59 bits per heavy atom. The summed E-state index contributed by atoms with van der Waals surface area (Å²) in [5.41, 5.74) is 3.32. The second kappa shape index (κ2) is 10.1. The van der Waals surface area contributed by atoms with Crippen LogP contribution >= 0.6 is 0 Å². The number of nitrogens with one attached hydrogen (secondary N) is 1. The largest absolute Gasteiger partial charge is 0.496 e. The maximum absolute atomic E-state index is 13.8. The van der Waals surface area contributed by atoms with Crippen molar-refractivity contribution in [2.75, 3.05) is 13.7 Å². The Hall–Kier alpha value is -4.13. The maximum atomic E-state index is 13.8. The number of rotatable bonds is 6. The third-order valence-corrected chi connectivity index (χ3v) is 7.08. The van der Waals surface area contributed by atoms with Crippen molar-refractivity contribution in [2.24, 2.45) is 0 Å². The van der Waals surface area contributed by atoms with E-state index in [0.717, 1.165) is 11.3 Å². The normalized spacial score (nSPS) is 19.5. The highest BCUT2D eigenvalue weighted by Gasteiger charge is 2.43. The molecule has 2 heterocycles. The van der Waals surface area contributed by atoms with Crippen molar-refractivity contribution >= 4 is 22.7 Å². The predicted octanol–water partition coefficient (Wildman–Crippen LogP) is 5.12. The highest BCUT2D eigenvalue weighted by Crippen LogP contribution is 2.46. The lowest BCUT2D eigenvalue weighted by Gasteiger charge is -2.36. The molecule has 1 aliphatic carbocycles. The van der Waals surface area contributed by atoms with Gasteiger partial charge in [0.1, 0.15) is 11.3 Å². The molecule has 3 aromatic rings. The second-order valence-corrected chi connectivity index (χ2v) is 9.41. The van der Waals surface area contributed by atoms with E-state index in [-0.39, 0.29) is 41.3 Å². The van der Waals surface area contributed by atoms with Crippen LogP contribution in [0.5, 0.6) is 5.75 Å². The van der Waals surface area contributed by atoms with Crippen LogP contribution in [0.2, 0.25) is 0 Å². The van der Waals surface area contributed by atoms with E-state index in [2.05, 4.69) is 5.32 Å². The van der Waals surface area contributed by atoms with Crippen LogP contribution in [-0.4, -0.2) is 25.5 Å². The molecule has 190 valence electrons. The second-order valence-electron chi connectivity index (χ2n) is 9.41. The highest BCUT2D eigenvalue weighted by atomic mass is 16.5. The van der Waals surface area contributed by atoms with Crippen LogP contribution in [0, 0.1) is 0 Å². The Morgan fingerprint density at radius 1 is 1.05 bits per heavy atom. The molecule has 1 N–H and O–H groups in total. The topological polar surface area (TPSA) is 94.8 Å². The molecule has 37 heavy (non-hydrogen) atoms. The molecule has 0 fully saturated rings. The van der Waals surface area contributed by atoms with Crippen LogP contribution in [0.25, 0.3) is 11.0 Å². The molecule has 0 bridgehead atoms. The Bertz CT molecular complexity index is 1510. The molecular weight excluding hydrogens is 470 g/mol. The molecule has 2 aromatic carbocycles. The minimum Gasteiger partial charge on any atom is -0.496 e. The number of esters is 1. The molecule has 0 spiro atoms. The lowest BCUT2D eigenvalue weighted by atomic mass is 9.71. The van der Waals surface area contributed by atoms with Gasteiger partial charge in [-0.2, -0.15) is 0 Å². The van der Waals surface area contributed by atoms with Gasteiger partial charge in [0.05, 0.1) is 36.9 Å². The zero-order chi connectivity index (χ0) is 26.1. The summed E-state index contributed by atoms with van der Waals surface area (Å²) >= 11 is 0. The van der Waals surface area contributed by atoms with Gasteiger partial charge in [-0.25, -0.2) is 4.79 Å². The number of dihydropyridines is 1. The number of benzene rings is 2. The molecule has 7 nitrogen and oxygen atoms in total. The minimum absolute atomic E-state index is 0.107. The van der Waals surface area contributed by atoms with E-state index < -0.39 is 11.9 Å². The molecule has 1 aromatic heterocycles. The average molecular weight is 500 g/mol. The van der Waals surface area contributed by atoms with Crippen LogP contribution < -0.4 is 15.5 Å². The number of hydrogen-bond donors (Lipinski definition) is 1. The highest BCUT2D eigenvalue weighted by molar-refractivity contribution is 6.04. The first kappa shape index (κ1) is 24.6. The van der Waals surface area contributed by atoms with E-state index in [9.17, 15) is 14.4 Å². The monoisotopic (exact) mass is 499 g/mol. The molecule has 5 rings (SSSR count). The maximum Gasteiger partial charge on any atom is 0.336 e. The van der Waals surface area contributed by atoms with Crippen LogP contribution in [0.15, 0.2) is 86.5 Å². The molecule has 1 aliphatic heterocycles. The van der Waals surface area contributed by atoms with E-state index in [0.29, 0.717) is 40.8 Å². The van der Waals surface area contributed by atoms with Crippen LogP contribution in [0.3, 0.4) is 0 Å². The van der Waals surface area contributed by atoms with Gasteiger partial charge in [0.25, 0.3) is 0 Å². The first-order valence-corrected chi connectivity index (χ1v) is 12.5. The van der Waals surface area contributed by atoms with Gasteiger partial charge < -0.3 is 19.2 Å². The summed E-state index contributed by atoms with van der Waals surface area (Å²) in [5, 5.41) is 3.71. The number of methoxy groups -OCH3 is 1. The van der Waals surface area contributed by atoms with Gasteiger partial charge in [-0.1, -0.05) is 37.3 Å². The van der Waals surface area contributed by atoms with E-state index in [1.807, 2.05) is 31.2 Å². The molecule has 0 radical (unpaired) electrons.